The van der Waals surface area contributed by atoms with Gasteiger partial charge in [-0.25, -0.2) is 19.2 Å². The number of carboxylic acid groups (broad SMARTS) is 1. The molecule has 2 amide bonds. The molecule has 0 spiro atoms. The first-order valence-electron chi connectivity index (χ1n) is 17.3. The first-order chi connectivity index (χ1) is 25.7. The number of likely N-dealkylation sites (tertiary alicyclic amines) is 2. The van der Waals surface area contributed by atoms with Crippen molar-refractivity contribution in [3.8, 4) is 0 Å². The minimum Gasteiger partial charge on any atom is -0.477 e. The summed E-state index contributed by atoms with van der Waals surface area (Å²) in [5.74, 6) is -1.87. The molecule has 1 N–H and O–H groups in total. The van der Waals surface area contributed by atoms with E-state index in [2.05, 4.69) is 4.74 Å². The average Bonchev–Trinajstić information content (AvgIpc) is 3.20. The van der Waals surface area contributed by atoms with Gasteiger partial charge < -0.3 is 38.3 Å². The number of carbonyl (C=O) groups excluding carboxylic acids is 3. The summed E-state index contributed by atoms with van der Waals surface area (Å²) in [6.45, 7) is 2.37. The fraction of sp³-hybridized carbons (Fsp3) is 0.333. The molecule has 14 nitrogen and oxygen atoms in total. The minimum atomic E-state index is -1.23. The zero-order chi connectivity index (χ0) is 37.7. The van der Waals surface area contributed by atoms with E-state index >= 15 is 0 Å². The number of piperidine rings is 2. The molecule has 4 aromatic rings. The van der Waals surface area contributed by atoms with Gasteiger partial charge in [0.05, 0.1) is 7.11 Å². The molecule has 2 aliphatic rings. The Balaban J connectivity index is 0.000000204. The summed E-state index contributed by atoms with van der Waals surface area (Å²) in [5.41, 5.74) is 0.765. The molecule has 2 fully saturated rings. The Morgan fingerprint density at radius 3 is 1.40 bits per heavy atom. The highest BCUT2D eigenvalue weighted by atomic mass is 16.6. The summed E-state index contributed by atoms with van der Waals surface area (Å²) in [6.07, 6.45) is 4.92. The van der Waals surface area contributed by atoms with Crippen molar-refractivity contribution in [3.05, 3.63) is 140 Å². The Hall–Kier alpha value is -6.18. The van der Waals surface area contributed by atoms with Crippen LogP contribution >= 0.6 is 0 Å². The van der Waals surface area contributed by atoms with E-state index in [9.17, 15) is 28.8 Å². The minimum absolute atomic E-state index is 0.0182. The molecule has 0 bridgehead atoms. The van der Waals surface area contributed by atoms with Gasteiger partial charge in [-0.05, 0) is 61.1 Å². The molecule has 0 unspecified atom stereocenters. The second kappa shape index (κ2) is 18.4. The molecule has 2 saturated heterocycles. The first-order valence-corrected chi connectivity index (χ1v) is 17.3. The highest BCUT2D eigenvalue weighted by molar-refractivity contribution is 5.88. The largest absolute Gasteiger partial charge is 0.477 e. The van der Waals surface area contributed by atoms with Crippen LogP contribution in [0.1, 0.15) is 69.6 Å². The number of aromatic nitrogens is 2. The number of aromatic carboxylic acids is 1. The number of hydrogen-bond donors (Lipinski definition) is 1. The van der Waals surface area contributed by atoms with Gasteiger partial charge in [0.2, 0.25) is 0 Å². The molecule has 0 aliphatic carbocycles. The van der Waals surface area contributed by atoms with Gasteiger partial charge >= 0.3 is 24.1 Å². The predicted molar refractivity (Wildman–Crippen MR) is 193 cm³/mol. The van der Waals surface area contributed by atoms with E-state index in [1.165, 1.54) is 23.8 Å². The third-order valence-electron chi connectivity index (χ3n) is 9.23. The number of esters is 1. The smallest absolute Gasteiger partial charge is 0.410 e. The summed E-state index contributed by atoms with van der Waals surface area (Å²) in [7, 11) is 1.25. The molecule has 14 heteroatoms. The number of nitrogens with zero attached hydrogens (tertiary/aromatic N) is 4. The Labute approximate surface area is 305 Å². The third-order valence-corrected chi connectivity index (χ3v) is 9.23. The van der Waals surface area contributed by atoms with Crippen molar-refractivity contribution in [2.75, 3.05) is 33.3 Å². The van der Waals surface area contributed by atoms with Crippen LogP contribution in [0.3, 0.4) is 0 Å². The van der Waals surface area contributed by atoms with Crippen LogP contribution in [-0.2, 0) is 27.4 Å². The Morgan fingerprint density at radius 2 is 1.00 bits per heavy atom. The lowest BCUT2D eigenvalue weighted by Gasteiger charge is -2.32. The van der Waals surface area contributed by atoms with Crippen molar-refractivity contribution in [2.45, 2.75) is 51.0 Å². The summed E-state index contributed by atoms with van der Waals surface area (Å²) in [4.78, 5) is 75.2. The highest BCUT2D eigenvalue weighted by Gasteiger charge is 2.28. The zero-order valence-electron chi connectivity index (χ0n) is 29.4. The van der Waals surface area contributed by atoms with Crippen molar-refractivity contribution in [2.24, 2.45) is 0 Å². The molecule has 0 atom stereocenters. The van der Waals surface area contributed by atoms with Gasteiger partial charge in [0.1, 0.15) is 24.3 Å². The topological polar surface area (TPSA) is 167 Å². The van der Waals surface area contributed by atoms with Gasteiger partial charge in [-0.15, -0.1) is 0 Å². The van der Waals surface area contributed by atoms with E-state index in [1.54, 1.807) is 38.9 Å². The molecule has 2 aliphatic heterocycles. The van der Waals surface area contributed by atoms with Crippen LogP contribution in [0, 0.1) is 0 Å². The van der Waals surface area contributed by atoms with Crippen LogP contribution in [0.2, 0.25) is 0 Å². The van der Waals surface area contributed by atoms with Gasteiger partial charge in [-0.2, -0.15) is 0 Å². The van der Waals surface area contributed by atoms with Gasteiger partial charge in [-0.3, -0.25) is 9.59 Å². The molecule has 0 saturated carbocycles. The molecule has 0 radical (unpaired) electrons. The van der Waals surface area contributed by atoms with Crippen LogP contribution in [0.15, 0.2) is 107 Å². The standard InChI is InChI=1S/C20H22N2O5.C19H20N2O5/c1-26-19(24)17-8-5-11-22(18(17)23)16-9-12-21(13-10-16)20(25)27-14-15-6-3-2-4-7-15;22-17-16(18(23)24)7-4-10-21(17)15-8-11-20(12-9-15)19(25)26-13-14-5-2-1-3-6-14/h2-8,11,16H,9-10,12-14H2,1H3;1-7,10,15H,8-9,11-13H2,(H,23,24). The van der Waals surface area contributed by atoms with Gasteiger partial charge in [0.15, 0.2) is 0 Å². The van der Waals surface area contributed by atoms with Crippen LogP contribution in [0.5, 0.6) is 0 Å². The number of pyridine rings is 2. The fourth-order valence-corrected chi connectivity index (χ4v) is 6.30. The molecule has 2 aromatic carbocycles. The lowest BCUT2D eigenvalue weighted by molar-refractivity contribution is 0.0596. The zero-order valence-corrected chi connectivity index (χ0v) is 29.4. The summed E-state index contributed by atoms with van der Waals surface area (Å²) < 4.78 is 18.3. The average molecular weight is 727 g/mol. The predicted octanol–water partition coefficient (Wildman–Crippen LogP) is 5.13. The van der Waals surface area contributed by atoms with Crippen LogP contribution in [0.25, 0.3) is 0 Å². The second-order valence-electron chi connectivity index (χ2n) is 12.6. The second-order valence-corrected chi connectivity index (χ2v) is 12.6. The molecule has 4 heterocycles. The number of hydrogen-bond acceptors (Lipinski definition) is 9. The lowest BCUT2D eigenvalue weighted by atomic mass is 10.0. The number of ether oxygens (including phenoxy) is 3. The molecular weight excluding hydrogens is 684 g/mol. The van der Waals surface area contributed by atoms with E-state index in [0.717, 1.165) is 11.1 Å². The molecular formula is C39H42N4O10. The number of benzene rings is 2. The molecule has 2 aromatic heterocycles. The molecule has 6 rings (SSSR count). The van der Waals surface area contributed by atoms with E-state index in [-0.39, 0.29) is 54.2 Å². The summed E-state index contributed by atoms with van der Waals surface area (Å²) >= 11 is 0. The molecule has 278 valence electrons. The maximum absolute atomic E-state index is 12.5. The highest BCUT2D eigenvalue weighted by Crippen LogP contribution is 2.23. The van der Waals surface area contributed by atoms with Gasteiger partial charge in [0.25, 0.3) is 11.1 Å². The SMILES string of the molecule is COC(=O)c1cccn(C2CCN(C(=O)OCc3ccccc3)CC2)c1=O.O=C(O)c1cccn(C2CCN(C(=O)OCc3ccccc3)CC2)c1=O. The Kier molecular flexibility index (Phi) is 13.2. The number of rotatable bonds is 8. The Bertz CT molecular complexity index is 1980. The van der Waals surface area contributed by atoms with Crippen molar-refractivity contribution < 1.29 is 38.5 Å². The quantitative estimate of drug-likeness (QED) is 0.190. The van der Waals surface area contributed by atoms with Crippen molar-refractivity contribution in [3.63, 3.8) is 0 Å². The van der Waals surface area contributed by atoms with Crippen LogP contribution in [-0.4, -0.2) is 81.5 Å². The number of carbonyl (C=O) groups is 4. The Morgan fingerprint density at radius 1 is 0.604 bits per heavy atom. The number of amides is 2. The maximum atomic E-state index is 12.5. The fourth-order valence-electron chi connectivity index (χ4n) is 6.30. The van der Waals surface area contributed by atoms with Crippen molar-refractivity contribution >= 4 is 24.1 Å². The summed E-state index contributed by atoms with van der Waals surface area (Å²) in [6, 6.07) is 24.8. The third kappa shape index (κ3) is 10.00. The number of carboxylic acids is 1. The lowest BCUT2D eigenvalue weighted by Crippen LogP contribution is -2.41. The van der Waals surface area contributed by atoms with Gasteiger partial charge in [-0.1, -0.05) is 60.7 Å². The maximum Gasteiger partial charge on any atom is 0.410 e. The molecule has 53 heavy (non-hydrogen) atoms. The summed E-state index contributed by atoms with van der Waals surface area (Å²) in [5, 5.41) is 9.07. The van der Waals surface area contributed by atoms with E-state index < -0.39 is 17.5 Å². The van der Waals surface area contributed by atoms with Crippen molar-refractivity contribution in [1.29, 1.82) is 0 Å². The van der Waals surface area contributed by atoms with E-state index in [1.807, 2.05) is 60.7 Å². The normalized spacial score (nSPS) is 14.7. The number of methoxy groups -OCH3 is 1. The van der Waals surface area contributed by atoms with Crippen LogP contribution in [0.4, 0.5) is 9.59 Å². The van der Waals surface area contributed by atoms with E-state index in [4.69, 9.17) is 14.6 Å². The van der Waals surface area contributed by atoms with Gasteiger partial charge in [0, 0.05) is 50.7 Å². The first kappa shape index (κ1) is 38.1. The van der Waals surface area contributed by atoms with Crippen LogP contribution < -0.4 is 11.1 Å². The van der Waals surface area contributed by atoms with E-state index in [0.29, 0.717) is 51.9 Å². The van der Waals surface area contributed by atoms with Crippen molar-refractivity contribution in [1.82, 2.24) is 18.9 Å². The monoisotopic (exact) mass is 726 g/mol.